The second-order valence-electron chi connectivity index (χ2n) is 12.4. The summed E-state index contributed by atoms with van der Waals surface area (Å²) in [5.74, 6) is 0.762. The molecule has 0 atom stereocenters. The van der Waals surface area contributed by atoms with E-state index in [0.717, 1.165) is 30.0 Å². The first-order valence-electron chi connectivity index (χ1n) is 18.4. The molecule has 7 aromatic carbocycles. The minimum atomic E-state index is -0.324. The summed E-state index contributed by atoms with van der Waals surface area (Å²) < 4.78 is 16.0. The van der Waals surface area contributed by atoms with Gasteiger partial charge in [0.25, 0.3) is 0 Å². The summed E-state index contributed by atoms with van der Waals surface area (Å²) in [7, 11) is 0. The van der Waals surface area contributed by atoms with Crippen molar-refractivity contribution < 1.29 is 28.6 Å². The summed E-state index contributed by atoms with van der Waals surface area (Å²) in [5.41, 5.74) is 5.39. The molecule has 0 aliphatic rings. The van der Waals surface area contributed by atoms with E-state index in [9.17, 15) is 14.4 Å². The summed E-state index contributed by atoms with van der Waals surface area (Å²) in [6.07, 6.45) is 2.93. The van der Waals surface area contributed by atoms with Gasteiger partial charge in [0, 0.05) is 0 Å². The number of rotatable bonds is 9. The van der Waals surface area contributed by atoms with E-state index in [1.807, 2.05) is 146 Å². The maximum absolute atomic E-state index is 12.4. The van der Waals surface area contributed by atoms with Crippen LogP contribution in [0.4, 0.5) is 0 Å². The molecule has 6 nitrogen and oxygen atoms in total. The molecule has 276 valence electrons. The number of carbonyl (C=O) groups excluding carboxylic acids is 3. The number of benzene rings is 7. The number of fused-ring (bicyclic) bond motifs is 1. The zero-order chi connectivity index (χ0) is 38.8. The predicted molar refractivity (Wildman–Crippen MR) is 219 cm³/mol. The van der Waals surface area contributed by atoms with Crippen LogP contribution in [0, 0.1) is 0 Å². The quantitative estimate of drug-likeness (QED) is 0.109. The van der Waals surface area contributed by atoms with Gasteiger partial charge in [0.05, 0.1) is 16.7 Å². The molecule has 0 aromatic heterocycles. The van der Waals surface area contributed by atoms with E-state index in [2.05, 4.69) is 20.8 Å². The molecule has 0 amide bonds. The van der Waals surface area contributed by atoms with Crippen molar-refractivity contribution in [2.75, 3.05) is 0 Å². The maximum atomic E-state index is 12.4. The lowest BCUT2D eigenvalue weighted by Crippen LogP contribution is -2.09. The minimum Gasteiger partial charge on any atom is -0.423 e. The second kappa shape index (κ2) is 20.5. The van der Waals surface area contributed by atoms with Gasteiger partial charge in [-0.1, -0.05) is 130 Å². The van der Waals surface area contributed by atoms with Crippen LogP contribution in [-0.4, -0.2) is 17.9 Å². The molecule has 7 aromatic rings. The Balaban J connectivity index is 0.000000160. The molecule has 7 rings (SSSR count). The molecule has 0 unspecified atom stereocenters. The standard InChI is InChI=1S/C19H16O2.2C15H14O2/c1-2-14-10-12-16(13-11-14)21-19(20)18-9-5-7-15-6-3-4-8-17(15)18;2*1-2-12-8-10-14(11-9-12)17-15(16)13-6-4-3-5-7-13/h3-13H,2H2,1H3;2*3-11H,2H2,1H3. The molecule has 0 aliphatic heterocycles. The average molecular weight is 729 g/mol. The number of hydrogen-bond acceptors (Lipinski definition) is 6. The second-order valence-corrected chi connectivity index (χ2v) is 12.4. The zero-order valence-electron chi connectivity index (χ0n) is 31.3. The monoisotopic (exact) mass is 728 g/mol. The third-order valence-electron chi connectivity index (χ3n) is 8.65. The third kappa shape index (κ3) is 11.9. The molecule has 0 saturated heterocycles. The number of ether oxygens (including phenoxy) is 3. The van der Waals surface area contributed by atoms with Gasteiger partial charge in [0.2, 0.25) is 0 Å². The van der Waals surface area contributed by atoms with Crippen LogP contribution in [0.25, 0.3) is 10.8 Å². The molecule has 55 heavy (non-hydrogen) atoms. The van der Waals surface area contributed by atoms with Crippen molar-refractivity contribution in [2.45, 2.75) is 40.0 Å². The van der Waals surface area contributed by atoms with Gasteiger partial charge < -0.3 is 14.2 Å². The highest BCUT2D eigenvalue weighted by atomic mass is 16.5. The third-order valence-corrected chi connectivity index (χ3v) is 8.65. The topological polar surface area (TPSA) is 78.9 Å². The number of aryl methyl sites for hydroxylation is 3. The van der Waals surface area contributed by atoms with Crippen LogP contribution in [-0.2, 0) is 19.3 Å². The van der Waals surface area contributed by atoms with E-state index in [0.29, 0.717) is 33.9 Å². The lowest BCUT2D eigenvalue weighted by atomic mass is 10.0. The Hall–Kier alpha value is -6.79. The Morgan fingerprint density at radius 3 is 1.11 bits per heavy atom. The van der Waals surface area contributed by atoms with Crippen molar-refractivity contribution in [1.29, 1.82) is 0 Å². The van der Waals surface area contributed by atoms with Gasteiger partial charge in [-0.2, -0.15) is 0 Å². The van der Waals surface area contributed by atoms with E-state index in [1.54, 1.807) is 30.3 Å². The van der Waals surface area contributed by atoms with Crippen LogP contribution in [0.15, 0.2) is 176 Å². The summed E-state index contributed by atoms with van der Waals surface area (Å²) >= 11 is 0. The van der Waals surface area contributed by atoms with Crippen molar-refractivity contribution in [2.24, 2.45) is 0 Å². The van der Waals surface area contributed by atoms with Crippen LogP contribution in [0.1, 0.15) is 68.5 Å². The van der Waals surface area contributed by atoms with Crippen molar-refractivity contribution in [3.8, 4) is 17.2 Å². The number of carbonyl (C=O) groups is 3. The molecule has 0 heterocycles. The molecular weight excluding hydrogens is 685 g/mol. The highest BCUT2D eigenvalue weighted by Gasteiger charge is 2.12. The van der Waals surface area contributed by atoms with Crippen molar-refractivity contribution >= 4 is 28.7 Å². The Morgan fingerprint density at radius 1 is 0.364 bits per heavy atom. The molecule has 0 fully saturated rings. The lowest BCUT2D eigenvalue weighted by Gasteiger charge is -2.07. The minimum absolute atomic E-state index is 0.323. The van der Waals surface area contributed by atoms with Gasteiger partial charge in [-0.25, -0.2) is 14.4 Å². The highest BCUT2D eigenvalue weighted by Crippen LogP contribution is 2.21. The molecule has 0 spiro atoms. The van der Waals surface area contributed by atoms with Gasteiger partial charge in [0.1, 0.15) is 17.2 Å². The van der Waals surface area contributed by atoms with Crippen LogP contribution in [0.3, 0.4) is 0 Å². The fourth-order valence-corrected chi connectivity index (χ4v) is 5.43. The van der Waals surface area contributed by atoms with Gasteiger partial charge >= 0.3 is 17.9 Å². The summed E-state index contributed by atoms with van der Waals surface area (Å²) in [6.45, 7) is 6.27. The van der Waals surface area contributed by atoms with E-state index in [4.69, 9.17) is 14.2 Å². The summed E-state index contributed by atoms with van der Waals surface area (Å²) in [5, 5.41) is 1.95. The van der Waals surface area contributed by atoms with Crippen molar-refractivity contribution in [1.82, 2.24) is 0 Å². The summed E-state index contributed by atoms with van der Waals surface area (Å²) in [6, 6.07) is 54.2. The summed E-state index contributed by atoms with van der Waals surface area (Å²) in [4.78, 5) is 35.9. The fraction of sp³-hybridized carbons (Fsp3) is 0.122. The van der Waals surface area contributed by atoms with Gasteiger partial charge in [0.15, 0.2) is 0 Å². The Morgan fingerprint density at radius 2 is 0.709 bits per heavy atom. The molecule has 6 heteroatoms. The van der Waals surface area contributed by atoms with E-state index in [-0.39, 0.29) is 17.9 Å². The van der Waals surface area contributed by atoms with Crippen LogP contribution < -0.4 is 14.2 Å². The van der Waals surface area contributed by atoms with Gasteiger partial charge in [-0.15, -0.1) is 0 Å². The highest BCUT2D eigenvalue weighted by molar-refractivity contribution is 6.05. The fourth-order valence-electron chi connectivity index (χ4n) is 5.43. The molecule has 0 saturated carbocycles. The van der Waals surface area contributed by atoms with E-state index in [1.165, 1.54) is 16.7 Å². The average Bonchev–Trinajstić information content (AvgIpc) is 3.25. The molecule has 0 N–H and O–H groups in total. The van der Waals surface area contributed by atoms with E-state index >= 15 is 0 Å². The first-order valence-corrected chi connectivity index (χ1v) is 18.4. The normalized spacial score (nSPS) is 10.2. The van der Waals surface area contributed by atoms with Gasteiger partial charge in [-0.05, 0) is 113 Å². The molecular formula is C49H44O6. The Labute approximate surface area is 323 Å². The first-order chi connectivity index (χ1) is 26.9. The smallest absolute Gasteiger partial charge is 0.344 e. The number of hydrogen-bond donors (Lipinski definition) is 0. The van der Waals surface area contributed by atoms with Crippen LogP contribution in [0.2, 0.25) is 0 Å². The predicted octanol–water partition coefficient (Wildman–Crippen LogP) is 11.6. The molecule has 0 aliphatic carbocycles. The van der Waals surface area contributed by atoms with Crippen molar-refractivity contribution in [3.05, 3.63) is 209 Å². The number of esters is 3. The maximum Gasteiger partial charge on any atom is 0.344 e. The van der Waals surface area contributed by atoms with Crippen molar-refractivity contribution in [3.63, 3.8) is 0 Å². The van der Waals surface area contributed by atoms with Crippen LogP contribution in [0.5, 0.6) is 17.2 Å². The Bertz CT molecular complexity index is 2160. The molecule has 0 radical (unpaired) electrons. The van der Waals surface area contributed by atoms with E-state index < -0.39 is 0 Å². The Kier molecular flexibility index (Phi) is 14.7. The largest absolute Gasteiger partial charge is 0.423 e. The molecule has 0 bridgehead atoms. The first kappa shape index (κ1) is 39.4. The van der Waals surface area contributed by atoms with Crippen LogP contribution >= 0.6 is 0 Å². The SMILES string of the molecule is CCc1ccc(OC(=O)c2cccc3ccccc23)cc1.CCc1ccc(OC(=O)c2ccccc2)cc1.CCc1ccc(OC(=O)c2ccccc2)cc1. The zero-order valence-corrected chi connectivity index (χ0v) is 31.3. The lowest BCUT2D eigenvalue weighted by molar-refractivity contribution is 0.0725. The van der Waals surface area contributed by atoms with Gasteiger partial charge in [-0.3, -0.25) is 0 Å².